The second kappa shape index (κ2) is 10.4. The van der Waals surface area contributed by atoms with Crippen molar-refractivity contribution in [2.24, 2.45) is 0 Å². The summed E-state index contributed by atoms with van der Waals surface area (Å²) in [5.41, 5.74) is 0.861. The number of ether oxygens (including phenoxy) is 2. The molecular weight excluding hydrogens is 516 g/mol. The van der Waals surface area contributed by atoms with Crippen LogP contribution in [-0.4, -0.2) is 62.6 Å². The molecule has 4 rings (SSSR count). The Balaban J connectivity index is 1.44. The number of nitrogens with zero attached hydrogens (tertiary/aromatic N) is 5. The molecule has 0 saturated carbocycles. The Bertz CT molecular complexity index is 1160. The van der Waals surface area contributed by atoms with Crippen molar-refractivity contribution in [2.75, 3.05) is 31.6 Å². The van der Waals surface area contributed by atoms with E-state index >= 15 is 0 Å². The van der Waals surface area contributed by atoms with E-state index in [1.165, 1.54) is 10.9 Å². The molecule has 1 N–H and O–H groups in total. The first-order chi connectivity index (χ1) is 16.0. The minimum Gasteiger partial charge on any atom is -0.470 e. The van der Waals surface area contributed by atoms with E-state index in [4.69, 9.17) is 21.1 Å². The standard InChI is InChI=1S/C21H22BrClN6O4/c1-2-29-19(21(31)27-7-9-32-10-8-27)17(12-24-29)25-20(30)16-5-6-28(26-16)13-33-18-4-3-14(23)11-15(18)22/h3-6,11-12H,2,7-10,13H2,1H3,(H,25,30). The van der Waals surface area contributed by atoms with Gasteiger partial charge in [0.15, 0.2) is 12.4 Å². The predicted octanol–water partition coefficient (Wildman–Crippen LogP) is 3.28. The third-order valence-corrected chi connectivity index (χ3v) is 5.86. The highest BCUT2D eigenvalue weighted by Crippen LogP contribution is 2.28. The van der Waals surface area contributed by atoms with Crippen molar-refractivity contribution < 1.29 is 19.1 Å². The molecule has 1 saturated heterocycles. The van der Waals surface area contributed by atoms with Crippen LogP contribution in [0.15, 0.2) is 41.1 Å². The van der Waals surface area contributed by atoms with Crippen molar-refractivity contribution in [3.05, 3.63) is 57.5 Å². The zero-order valence-electron chi connectivity index (χ0n) is 17.8. The van der Waals surface area contributed by atoms with E-state index in [0.717, 1.165) is 0 Å². The Morgan fingerprint density at radius 1 is 1.27 bits per heavy atom. The summed E-state index contributed by atoms with van der Waals surface area (Å²) in [6.07, 6.45) is 3.11. The van der Waals surface area contributed by atoms with Gasteiger partial charge in [-0.15, -0.1) is 0 Å². The molecule has 10 nitrogen and oxygen atoms in total. The Morgan fingerprint density at radius 3 is 2.79 bits per heavy atom. The monoisotopic (exact) mass is 536 g/mol. The Morgan fingerprint density at radius 2 is 2.06 bits per heavy atom. The second-order valence-electron chi connectivity index (χ2n) is 7.17. The average Bonchev–Trinajstić information content (AvgIpc) is 3.45. The van der Waals surface area contributed by atoms with Gasteiger partial charge in [0.25, 0.3) is 11.8 Å². The van der Waals surface area contributed by atoms with E-state index in [-0.39, 0.29) is 18.3 Å². The Kier molecular flexibility index (Phi) is 7.31. The number of rotatable bonds is 7. The average molecular weight is 538 g/mol. The van der Waals surface area contributed by atoms with Crippen molar-refractivity contribution in [3.63, 3.8) is 0 Å². The zero-order valence-corrected chi connectivity index (χ0v) is 20.2. The summed E-state index contributed by atoms with van der Waals surface area (Å²) in [6.45, 7) is 4.44. The van der Waals surface area contributed by atoms with Crippen LogP contribution in [0.2, 0.25) is 5.02 Å². The number of carbonyl (C=O) groups excluding carboxylic acids is 2. The number of aromatic nitrogens is 4. The lowest BCUT2D eigenvalue weighted by molar-refractivity contribution is 0.0295. The lowest BCUT2D eigenvalue weighted by atomic mass is 10.2. The summed E-state index contributed by atoms with van der Waals surface area (Å²) >= 11 is 9.33. The fourth-order valence-electron chi connectivity index (χ4n) is 3.33. The van der Waals surface area contributed by atoms with Crippen LogP contribution in [0, 0.1) is 0 Å². The van der Waals surface area contributed by atoms with E-state index < -0.39 is 5.91 Å². The molecule has 0 spiro atoms. The number of halogens is 2. The quantitative estimate of drug-likeness (QED) is 0.496. The normalized spacial score (nSPS) is 13.7. The predicted molar refractivity (Wildman–Crippen MR) is 125 cm³/mol. The zero-order chi connectivity index (χ0) is 23.4. The molecule has 1 aliphatic rings. The van der Waals surface area contributed by atoms with Gasteiger partial charge in [0.1, 0.15) is 11.4 Å². The molecule has 0 atom stereocenters. The van der Waals surface area contributed by atoms with Crippen molar-refractivity contribution in [2.45, 2.75) is 20.2 Å². The van der Waals surface area contributed by atoms with Crippen LogP contribution in [0.3, 0.4) is 0 Å². The highest BCUT2D eigenvalue weighted by Gasteiger charge is 2.26. The first kappa shape index (κ1) is 23.3. The van der Waals surface area contributed by atoms with E-state index in [2.05, 4.69) is 31.4 Å². The van der Waals surface area contributed by atoms with Crippen LogP contribution >= 0.6 is 27.5 Å². The molecule has 0 bridgehead atoms. The number of morpholine rings is 1. The second-order valence-corrected chi connectivity index (χ2v) is 8.46. The number of anilines is 1. The summed E-state index contributed by atoms with van der Waals surface area (Å²) in [6, 6.07) is 6.76. The first-order valence-corrected chi connectivity index (χ1v) is 11.5. The van der Waals surface area contributed by atoms with Crippen LogP contribution in [0.1, 0.15) is 27.9 Å². The molecule has 0 aliphatic carbocycles. The molecule has 12 heteroatoms. The number of amides is 2. The van der Waals surface area contributed by atoms with Crippen LogP contribution in [0.25, 0.3) is 0 Å². The maximum Gasteiger partial charge on any atom is 0.276 e. The molecule has 3 heterocycles. The maximum atomic E-state index is 13.1. The Hall–Kier alpha value is -2.89. The number of nitrogens with one attached hydrogen (secondary N) is 1. The van der Waals surface area contributed by atoms with Gasteiger partial charge in [-0.05, 0) is 47.1 Å². The van der Waals surface area contributed by atoms with E-state index in [1.807, 2.05) is 6.92 Å². The first-order valence-electron chi connectivity index (χ1n) is 10.3. The Labute approximate surface area is 203 Å². The smallest absolute Gasteiger partial charge is 0.276 e. The van der Waals surface area contributed by atoms with Crippen LogP contribution in [-0.2, 0) is 18.0 Å². The molecule has 2 aromatic heterocycles. The number of aryl methyl sites for hydroxylation is 1. The fourth-order valence-corrected chi connectivity index (χ4v) is 4.12. The number of hydrogen-bond donors (Lipinski definition) is 1. The molecule has 174 valence electrons. The van der Waals surface area contributed by atoms with Crippen LogP contribution < -0.4 is 10.1 Å². The summed E-state index contributed by atoms with van der Waals surface area (Å²) in [5, 5.41) is 11.9. The highest BCUT2D eigenvalue weighted by atomic mass is 79.9. The number of benzene rings is 1. The van der Waals surface area contributed by atoms with Gasteiger partial charge < -0.3 is 19.7 Å². The molecule has 1 aromatic carbocycles. The molecule has 2 amide bonds. The molecule has 0 unspecified atom stereocenters. The SMILES string of the molecule is CCn1ncc(NC(=O)c2ccn(COc3ccc(Cl)cc3Br)n2)c1C(=O)N1CCOCC1. The molecule has 3 aromatic rings. The van der Waals surface area contributed by atoms with Gasteiger partial charge in [0.2, 0.25) is 0 Å². The molecule has 1 aliphatic heterocycles. The van der Waals surface area contributed by atoms with Gasteiger partial charge >= 0.3 is 0 Å². The summed E-state index contributed by atoms with van der Waals surface area (Å²) < 4.78 is 14.8. The van der Waals surface area contributed by atoms with Gasteiger partial charge in [-0.2, -0.15) is 10.2 Å². The summed E-state index contributed by atoms with van der Waals surface area (Å²) in [7, 11) is 0. The number of hydrogen-bond acceptors (Lipinski definition) is 6. The van der Waals surface area contributed by atoms with Gasteiger partial charge in [-0.25, -0.2) is 4.68 Å². The van der Waals surface area contributed by atoms with Gasteiger partial charge in [-0.1, -0.05) is 11.6 Å². The minimum atomic E-state index is -0.451. The van der Waals surface area contributed by atoms with E-state index in [0.29, 0.717) is 59.5 Å². The van der Waals surface area contributed by atoms with Crippen LogP contribution in [0.4, 0.5) is 5.69 Å². The fraction of sp³-hybridized carbons (Fsp3) is 0.333. The van der Waals surface area contributed by atoms with E-state index in [1.54, 1.807) is 40.0 Å². The molecule has 0 radical (unpaired) electrons. The summed E-state index contributed by atoms with van der Waals surface area (Å²) in [5.74, 6) is -0.0485. The van der Waals surface area contributed by atoms with Crippen molar-refractivity contribution in [1.29, 1.82) is 0 Å². The lowest BCUT2D eigenvalue weighted by Gasteiger charge is -2.27. The lowest BCUT2D eigenvalue weighted by Crippen LogP contribution is -2.41. The maximum absolute atomic E-state index is 13.1. The topological polar surface area (TPSA) is 104 Å². The third kappa shape index (κ3) is 5.37. The number of carbonyl (C=O) groups is 2. The van der Waals surface area contributed by atoms with Gasteiger partial charge in [-0.3, -0.25) is 14.3 Å². The largest absolute Gasteiger partial charge is 0.470 e. The van der Waals surface area contributed by atoms with Crippen molar-refractivity contribution in [1.82, 2.24) is 24.5 Å². The minimum absolute atomic E-state index is 0.0993. The van der Waals surface area contributed by atoms with Crippen LogP contribution in [0.5, 0.6) is 5.75 Å². The third-order valence-electron chi connectivity index (χ3n) is 5.01. The van der Waals surface area contributed by atoms with Crippen molar-refractivity contribution in [3.8, 4) is 5.75 Å². The van der Waals surface area contributed by atoms with E-state index in [9.17, 15) is 9.59 Å². The van der Waals surface area contributed by atoms with Gasteiger partial charge in [0.05, 0.1) is 29.6 Å². The van der Waals surface area contributed by atoms with Crippen molar-refractivity contribution >= 4 is 45.0 Å². The van der Waals surface area contributed by atoms with Gasteiger partial charge in [0, 0.05) is 30.9 Å². The molecule has 1 fully saturated rings. The molecular formula is C21H22BrClN6O4. The molecule has 33 heavy (non-hydrogen) atoms. The highest BCUT2D eigenvalue weighted by molar-refractivity contribution is 9.10. The summed E-state index contributed by atoms with van der Waals surface area (Å²) in [4.78, 5) is 27.6.